The van der Waals surface area contributed by atoms with Gasteiger partial charge in [0.1, 0.15) is 0 Å². The summed E-state index contributed by atoms with van der Waals surface area (Å²) in [4.78, 5) is 12.5. The smallest absolute Gasteiger partial charge is 0.336 e. The lowest BCUT2D eigenvalue weighted by molar-refractivity contribution is -0.199. The van der Waals surface area contributed by atoms with Crippen molar-refractivity contribution >= 4 is 5.97 Å². The van der Waals surface area contributed by atoms with Crippen molar-refractivity contribution < 1.29 is 19.7 Å². The zero-order valence-corrected chi connectivity index (χ0v) is 18.4. The second kappa shape index (κ2) is 6.81. The number of carbonyl (C=O) groups excluding carboxylic acids is 1. The molecular formula is C25H36O4. The summed E-state index contributed by atoms with van der Waals surface area (Å²) in [5.74, 6) is -1.03. The minimum atomic E-state index is -1.54. The number of ether oxygens (including phenoxy) is 1. The van der Waals surface area contributed by atoms with Crippen LogP contribution in [0.2, 0.25) is 0 Å². The van der Waals surface area contributed by atoms with Gasteiger partial charge in [-0.15, -0.1) is 0 Å². The van der Waals surface area contributed by atoms with Crippen molar-refractivity contribution in [1.82, 2.24) is 0 Å². The molecule has 29 heavy (non-hydrogen) atoms. The maximum atomic E-state index is 12.5. The van der Waals surface area contributed by atoms with Gasteiger partial charge in [0.2, 0.25) is 5.79 Å². The van der Waals surface area contributed by atoms with E-state index in [-0.39, 0.29) is 17.8 Å². The highest BCUT2D eigenvalue weighted by Gasteiger charge is 2.68. The lowest BCUT2D eigenvalue weighted by Gasteiger charge is -2.42. The van der Waals surface area contributed by atoms with E-state index in [0.717, 1.165) is 19.3 Å². The predicted octanol–water partition coefficient (Wildman–Crippen LogP) is 4.53. The molecule has 0 aromatic carbocycles. The van der Waals surface area contributed by atoms with Crippen LogP contribution >= 0.6 is 0 Å². The van der Waals surface area contributed by atoms with Crippen LogP contribution < -0.4 is 0 Å². The van der Waals surface area contributed by atoms with E-state index in [9.17, 15) is 15.0 Å². The third-order valence-electron chi connectivity index (χ3n) is 8.40. The quantitative estimate of drug-likeness (QED) is 0.539. The maximum Gasteiger partial charge on any atom is 0.336 e. The number of esters is 1. The monoisotopic (exact) mass is 400 g/mol. The number of hydrogen-bond acceptors (Lipinski definition) is 4. The Hall–Kier alpha value is -1.39. The van der Waals surface area contributed by atoms with Gasteiger partial charge < -0.3 is 14.9 Å². The molecule has 0 bridgehead atoms. The average Bonchev–Trinajstić information content (AvgIpc) is 3.07. The van der Waals surface area contributed by atoms with Crippen molar-refractivity contribution in [3.8, 4) is 0 Å². The molecule has 0 amide bonds. The lowest BCUT2D eigenvalue weighted by atomic mass is 9.63. The van der Waals surface area contributed by atoms with Crippen molar-refractivity contribution in [3.05, 3.63) is 35.5 Å². The van der Waals surface area contributed by atoms with Gasteiger partial charge in [-0.2, -0.15) is 0 Å². The van der Waals surface area contributed by atoms with Crippen LogP contribution in [0.4, 0.5) is 0 Å². The summed E-state index contributed by atoms with van der Waals surface area (Å²) in [6.07, 6.45) is 12.7. The van der Waals surface area contributed by atoms with E-state index in [4.69, 9.17) is 4.74 Å². The van der Waals surface area contributed by atoms with Gasteiger partial charge in [0.05, 0.1) is 11.5 Å². The number of carbonyl (C=O) groups is 1. The molecule has 160 valence electrons. The number of hydrogen-bond donors (Lipinski definition) is 2. The zero-order valence-electron chi connectivity index (χ0n) is 18.4. The van der Waals surface area contributed by atoms with Gasteiger partial charge in [0.25, 0.3) is 0 Å². The van der Waals surface area contributed by atoms with E-state index in [1.54, 1.807) is 6.92 Å². The Morgan fingerprint density at radius 2 is 2.00 bits per heavy atom. The Morgan fingerprint density at radius 1 is 1.28 bits per heavy atom. The van der Waals surface area contributed by atoms with Crippen molar-refractivity contribution in [2.24, 2.45) is 35.0 Å². The second-order valence-electron chi connectivity index (χ2n) is 10.9. The van der Waals surface area contributed by atoms with E-state index >= 15 is 0 Å². The van der Waals surface area contributed by atoms with Crippen molar-refractivity contribution in [2.45, 2.75) is 78.1 Å². The molecule has 0 unspecified atom stereocenters. The maximum absolute atomic E-state index is 12.5. The van der Waals surface area contributed by atoms with Crippen LogP contribution in [0.15, 0.2) is 35.5 Å². The Kier molecular flexibility index (Phi) is 4.90. The molecule has 1 aliphatic heterocycles. The van der Waals surface area contributed by atoms with Gasteiger partial charge in [-0.05, 0) is 69.6 Å². The van der Waals surface area contributed by atoms with Crippen LogP contribution in [0.3, 0.4) is 0 Å². The molecule has 0 radical (unpaired) electrons. The molecule has 2 saturated carbocycles. The third-order valence-corrected chi connectivity index (χ3v) is 8.40. The third kappa shape index (κ3) is 3.33. The van der Waals surface area contributed by atoms with Crippen LogP contribution in [0.25, 0.3) is 0 Å². The van der Waals surface area contributed by atoms with Gasteiger partial charge in [-0.25, -0.2) is 4.79 Å². The van der Waals surface area contributed by atoms with Gasteiger partial charge in [0, 0.05) is 17.9 Å². The summed E-state index contributed by atoms with van der Waals surface area (Å²) in [6.45, 7) is 10.7. The molecule has 0 aromatic heterocycles. The van der Waals surface area contributed by atoms with E-state index in [1.807, 2.05) is 6.08 Å². The number of rotatable bonds is 3. The molecule has 4 nitrogen and oxygen atoms in total. The summed E-state index contributed by atoms with van der Waals surface area (Å²) in [5.41, 5.74) is 0.950. The SMILES string of the molecule is CC(C)=C/C=C\[C@H](C)[C@H]1CC[C@]2(C)C[C@H]3[C@@H]4C(=CC[C@@H]12)C(=O)O[C@]4(O)C[C@@]3(C)O. The minimum absolute atomic E-state index is 0.0941. The van der Waals surface area contributed by atoms with Crippen molar-refractivity contribution in [1.29, 1.82) is 0 Å². The molecule has 2 N–H and O–H groups in total. The molecule has 4 aliphatic rings. The first-order valence-electron chi connectivity index (χ1n) is 11.2. The Labute approximate surface area is 174 Å². The largest absolute Gasteiger partial charge is 0.429 e. The molecule has 0 spiro atoms. The first-order chi connectivity index (χ1) is 13.5. The normalized spacial score (nSPS) is 47.1. The molecule has 3 fully saturated rings. The van der Waals surface area contributed by atoms with E-state index in [2.05, 4.69) is 45.9 Å². The Bertz CT molecular complexity index is 787. The Balaban J connectivity index is 1.67. The number of aliphatic hydroxyl groups is 2. The predicted molar refractivity (Wildman–Crippen MR) is 113 cm³/mol. The zero-order chi connectivity index (χ0) is 21.2. The topological polar surface area (TPSA) is 66.8 Å². The molecule has 3 aliphatic carbocycles. The number of allylic oxidation sites excluding steroid dienone is 5. The summed E-state index contributed by atoms with van der Waals surface area (Å²) >= 11 is 0. The van der Waals surface area contributed by atoms with Crippen LogP contribution in [0.5, 0.6) is 0 Å². The highest BCUT2D eigenvalue weighted by atomic mass is 16.7. The molecule has 4 rings (SSSR count). The van der Waals surface area contributed by atoms with Crippen LogP contribution in [-0.4, -0.2) is 27.6 Å². The van der Waals surface area contributed by atoms with Crippen LogP contribution in [0.1, 0.15) is 66.7 Å². The Morgan fingerprint density at radius 3 is 2.69 bits per heavy atom. The van der Waals surface area contributed by atoms with Gasteiger partial charge >= 0.3 is 5.97 Å². The molecular weight excluding hydrogens is 364 g/mol. The lowest BCUT2D eigenvalue weighted by Crippen LogP contribution is -2.40. The number of fused-ring (bicyclic) bond motifs is 1. The van der Waals surface area contributed by atoms with Crippen molar-refractivity contribution in [2.75, 3.05) is 0 Å². The average molecular weight is 401 g/mol. The minimum Gasteiger partial charge on any atom is -0.429 e. The standard InChI is InChI=1S/C25H36O4/c1-15(2)7-6-8-16(3)17-11-12-23(4)13-20-21-18(9-10-19(17)23)22(26)29-25(21,28)14-24(20,5)27/h6-9,16-17,19-21,27-28H,10-14H2,1-5H3/b8-6-,18-9?/t16-,17+,19-,20-,21-,23+,24+,25+/m0/s1. The fourth-order valence-electron chi connectivity index (χ4n) is 6.95. The second-order valence-corrected chi connectivity index (χ2v) is 10.9. The summed E-state index contributed by atoms with van der Waals surface area (Å²) < 4.78 is 5.41. The highest BCUT2D eigenvalue weighted by Crippen LogP contribution is 2.63. The first kappa shape index (κ1) is 20.9. The first-order valence-corrected chi connectivity index (χ1v) is 11.2. The van der Waals surface area contributed by atoms with Gasteiger partial charge in [0.15, 0.2) is 0 Å². The molecule has 8 atom stereocenters. The van der Waals surface area contributed by atoms with Crippen LogP contribution in [0, 0.1) is 35.0 Å². The van der Waals surface area contributed by atoms with E-state index in [0.29, 0.717) is 23.3 Å². The fraction of sp³-hybridized carbons (Fsp3) is 0.720. The van der Waals surface area contributed by atoms with E-state index in [1.165, 1.54) is 12.0 Å². The highest BCUT2D eigenvalue weighted by molar-refractivity contribution is 5.92. The van der Waals surface area contributed by atoms with Gasteiger partial charge in [-0.1, -0.05) is 43.7 Å². The molecule has 1 heterocycles. The molecule has 4 heteroatoms. The summed E-state index contributed by atoms with van der Waals surface area (Å²) in [5, 5.41) is 22.2. The van der Waals surface area contributed by atoms with Crippen molar-refractivity contribution in [3.63, 3.8) is 0 Å². The fourth-order valence-corrected chi connectivity index (χ4v) is 6.95. The molecule has 0 aromatic rings. The summed E-state index contributed by atoms with van der Waals surface area (Å²) in [6, 6.07) is 0. The van der Waals surface area contributed by atoms with Crippen LogP contribution in [-0.2, 0) is 9.53 Å². The summed E-state index contributed by atoms with van der Waals surface area (Å²) in [7, 11) is 0. The molecule has 1 saturated heterocycles. The van der Waals surface area contributed by atoms with E-state index < -0.39 is 23.3 Å². The van der Waals surface area contributed by atoms with Gasteiger partial charge in [-0.3, -0.25) is 0 Å².